The summed E-state index contributed by atoms with van der Waals surface area (Å²) in [7, 11) is -3.30. The SMILES string of the molecule is NC1=NC(c2ccccc2)=C(CCCN2CCN(c3ccc(F)cc3)CC2)S12OC(=O)C(O)C(O)C(=O)O2. The van der Waals surface area contributed by atoms with E-state index < -0.39 is 34.7 Å². The number of nitrogens with two attached hydrogens (primary N) is 1. The van der Waals surface area contributed by atoms with Crippen molar-refractivity contribution in [2.75, 3.05) is 37.6 Å². The van der Waals surface area contributed by atoms with Crippen LogP contribution in [0.1, 0.15) is 18.4 Å². The quantitative estimate of drug-likeness (QED) is 0.498. The summed E-state index contributed by atoms with van der Waals surface area (Å²) < 4.78 is 24.3. The van der Waals surface area contributed by atoms with Crippen molar-refractivity contribution in [1.29, 1.82) is 0 Å². The van der Waals surface area contributed by atoms with Crippen LogP contribution in [-0.2, 0) is 18.0 Å². The Bertz CT molecular complexity index is 1240. The molecule has 0 saturated carbocycles. The van der Waals surface area contributed by atoms with Crippen molar-refractivity contribution in [3.8, 4) is 0 Å². The fraction of sp³-hybridized carbons (Fsp3) is 0.346. The Morgan fingerprint density at radius 3 is 2.16 bits per heavy atom. The Morgan fingerprint density at radius 1 is 0.947 bits per heavy atom. The molecule has 0 aromatic heterocycles. The van der Waals surface area contributed by atoms with Gasteiger partial charge in [0.15, 0.2) is 12.2 Å². The summed E-state index contributed by atoms with van der Waals surface area (Å²) in [6, 6.07) is 15.6. The molecule has 0 radical (unpaired) electrons. The van der Waals surface area contributed by atoms with Crippen LogP contribution < -0.4 is 10.6 Å². The molecule has 2 unspecified atom stereocenters. The van der Waals surface area contributed by atoms with Gasteiger partial charge in [0.05, 0.1) is 10.6 Å². The van der Waals surface area contributed by atoms with Crippen LogP contribution in [0.3, 0.4) is 0 Å². The van der Waals surface area contributed by atoms with E-state index in [1.165, 1.54) is 12.1 Å². The molecule has 202 valence electrons. The number of rotatable bonds is 6. The van der Waals surface area contributed by atoms with Crippen molar-refractivity contribution in [2.24, 2.45) is 10.7 Å². The fourth-order valence-corrected chi connectivity index (χ4v) is 7.06. The average Bonchev–Trinajstić information content (AvgIpc) is 3.15. The third-order valence-electron chi connectivity index (χ3n) is 6.76. The van der Waals surface area contributed by atoms with Crippen LogP contribution in [0, 0.1) is 5.82 Å². The number of halogens is 1. The minimum absolute atomic E-state index is 0.178. The first-order valence-corrected chi connectivity index (χ1v) is 13.8. The number of carbonyl (C=O) groups excluding carboxylic acids is 2. The predicted molar refractivity (Wildman–Crippen MR) is 141 cm³/mol. The molecular weight excluding hydrogens is 515 g/mol. The maximum atomic E-state index is 13.3. The zero-order chi connectivity index (χ0) is 26.9. The Balaban J connectivity index is 1.32. The van der Waals surface area contributed by atoms with Crippen LogP contribution in [0.25, 0.3) is 5.70 Å². The summed E-state index contributed by atoms with van der Waals surface area (Å²) in [6.45, 7) is 3.91. The molecule has 0 aliphatic carbocycles. The van der Waals surface area contributed by atoms with E-state index in [1.54, 1.807) is 12.1 Å². The molecular formula is C26H29FN4O6S. The van der Waals surface area contributed by atoms with Gasteiger partial charge in [-0.15, -0.1) is 0 Å². The second kappa shape index (κ2) is 10.7. The van der Waals surface area contributed by atoms with Crippen LogP contribution in [0.5, 0.6) is 0 Å². The highest BCUT2D eigenvalue weighted by atomic mass is 32.3. The highest BCUT2D eigenvalue weighted by Crippen LogP contribution is 2.66. The molecule has 2 aromatic rings. The summed E-state index contributed by atoms with van der Waals surface area (Å²) in [5.41, 5.74) is 8.37. The van der Waals surface area contributed by atoms with E-state index in [4.69, 9.17) is 14.1 Å². The molecule has 2 saturated heterocycles. The van der Waals surface area contributed by atoms with Crippen LogP contribution in [0.4, 0.5) is 10.1 Å². The van der Waals surface area contributed by atoms with Crippen molar-refractivity contribution < 1.29 is 32.6 Å². The molecule has 2 atom stereocenters. The molecule has 3 aliphatic rings. The molecule has 2 fully saturated rings. The van der Waals surface area contributed by atoms with Gasteiger partial charge in [0, 0.05) is 37.4 Å². The molecule has 5 rings (SSSR count). The first-order chi connectivity index (χ1) is 18.3. The number of carbonyl (C=O) groups is 2. The molecule has 2 aromatic carbocycles. The summed E-state index contributed by atoms with van der Waals surface area (Å²) in [6.07, 6.45) is -3.18. The standard InChI is InChI=1S/C26H29FN4O6S/c27-18-8-10-19(11-9-18)31-15-13-30(14-16-31)12-4-7-20-21(17-5-2-1-3-6-17)29-26(28)38(20)36-24(34)22(32)23(33)25(35)37-38/h1-3,5-6,8-11,22-23,32-33H,4,7,12-16H2,(H2,28,29). The van der Waals surface area contributed by atoms with Crippen LogP contribution in [0.15, 0.2) is 64.5 Å². The number of aliphatic imine (C=N–C) groups is 1. The molecule has 38 heavy (non-hydrogen) atoms. The Kier molecular flexibility index (Phi) is 7.39. The van der Waals surface area contributed by atoms with E-state index in [9.17, 15) is 24.2 Å². The topological polar surface area (TPSA) is 138 Å². The Hall–Kier alpha value is -3.45. The van der Waals surface area contributed by atoms with E-state index in [-0.39, 0.29) is 11.0 Å². The second-order valence-corrected chi connectivity index (χ2v) is 11.4. The number of allylic oxidation sites excluding steroid dienone is 1. The second-order valence-electron chi connectivity index (χ2n) is 9.19. The van der Waals surface area contributed by atoms with Gasteiger partial charge >= 0.3 is 11.9 Å². The number of anilines is 1. The van der Waals surface area contributed by atoms with Crippen molar-refractivity contribution in [3.63, 3.8) is 0 Å². The van der Waals surface area contributed by atoms with Gasteiger partial charge in [-0.1, -0.05) is 30.3 Å². The third kappa shape index (κ3) is 4.99. The van der Waals surface area contributed by atoms with Gasteiger partial charge in [0.25, 0.3) is 0 Å². The number of nitrogens with zero attached hydrogens (tertiary/aromatic N) is 3. The van der Waals surface area contributed by atoms with E-state index >= 15 is 0 Å². The number of aliphatic hydroxyl groups is 2. The monoisotopic (exact) mass is 544 g/mol. The lowest BCUT2D eigenvalue weighted by Gasteiger charge is -2.38. The molecule has 0 bridgehead atoms. The number of hydrogen-bond donors (Lipinski definition) is 3. The first-order valence-electron chi connectivity index (χ1n) is 12.3. The van der Waals surface area contributed by atoms with Gasteiger partial charge in [-0.3, -0.25) is 4.90 Å². The minimum Gasteiger partial charge on any atom is -0.379 e. The highest BCUT2D eigenvalue weighted by molar-refractivity contribution is 8.42. The van der Waals surface area contributed by atoms with E-state index in [0.717, 1.165) is 31.9 Å². The molecule has 3 aliphatic heterocycles. The van der Waals surface area contributed by atoms with Gasteiger partial charge in [-0.25, -0.2) is 19.0 Å². The van der Waals surface area contributed by atoms with E-state index in [0.29, 0.717) is 35.6 Å². The van der Waals surface area contributed by atoms with Crippen molar-refractivity contribution in [2.45, 2.75) is 25.0 Å². The van der Waals surface area contributed by atoms with Gasteiger partial charge in [-0.2, -0.15) is 0 Å². The van der Waals surface area contributed by atoms with Gasteiger partial charge in [0.2, 0.25) is 5.17 Å². The number of aliphatic hydroxyl groups excluding tert-OH is 2. The first kappa shape index (κ1) is 26.2. The maximum absolute atomic E-state index is 13.3. The minimum atomic E-state index is -3.30. The summed E-state index contributed by atoms with van der Waals surface area (Å²) in [5.74, 6) is -2.65. The summed E-state index contributed by atoms with van der Waals surface area (Å²) in [5, 5.41) is 19.9. The van der Waals surface area contributed by atoms with Crippen molar-refractivity contribution >= 4 is 39.1 Å². The summed E-state index contributed by atoms with van der Waals surface area (Å²) in [4.78, 5) is 34.5. The third-order valence-corrected chi connectivity index (χ3v) is 9.24. The van der Waals surface area contributed by atoms with Gasteiger partial charge < -0.3 is 29.2 Å². The van der Waals surface area contributed by atoms with Crippen molar-refractivity contribution in [3.05, 3.63) is 70.9 Å². The van der Waals surface area contributed by atoms with Crippen LogP contribution >= 0.6 is 10.6 Å². The lowest BCUT2D eigenvalue weighted by molar-refractivity contribution is -0.156. The lowest BCUT2D eigenvalue weighted by atomic mass is 10.1. The van der Waals surface area contributed by atoms with E-state index in [1.807, 2.05) is 30.3 Å². The number of amidine groups is 1. The largest absolute Gasteiger partial charge is 0.379 e. The molecule has 0 amide bonds. The van der Waals surface area contributed by atoms with Crippen LogP contribution in [0.2, 0.25) is 0 Å². The normalized spacial score (nSPS) is 28.0. The molecule has 3 heterocycles. The fourth-order valence-electron chi connectivity index (χ4n) is 4.70. The number of piperazine rings is 1. The number of benzene rings is 2. The highest BCUT2D eigenvalue weighted by Gasteiger charge is 2.51. The van der Waals surface area contributed by atoms with Crippen molar-refractivity contribution in [1.82, 2.24) is 4.90 Å². The molecule has 1 spiro atoms. The van der Waals surface area contributed by atoms with Gasteiger partial charge in [0.1, 0.15) is 5.82 Å². The smallest absolute Gasteiger partial charge is 0.361 e. The summed E-state index contributed by atoms with van der Waals surface area (Å²) >= 11 is 0. The van der Waals surface area contributed by atoms with Crippen LogP contribution in [-0.4, -0.2) is 77.2 Å². The zero-order valence-corrected chi connectivity index (χ0v) is 21.3. The zero-order valence-electron chi connectivity index (χ0n) is 20.5. The molecule has 4 N–H and O–H groups in total. The van der Waals surface area contributed by atoms with Gasteiger partial charge in [-0.05, 0) is 54.2 Å². The van der Waals surface area contributed by atoms with E-state index in [2.05, 4.69) is 14.8 Å². The Morgan fingerprint density at radius 2 is 1.55 bits per heavy atom. The molecule has 10 nitrogen and oxygen atoms in total. The average molecular weight is 545 g/mol. The number of hydrogen-bond acceptors (Lipinski definition) is 10. The molecule has 12 heteroatoms. The Labute approximate surface area is 220 Å². The maximum Gasteiger partial charge on any atom is 0.361 e. The predicted octanol–water partition coefficient (Wildman–Crippen LogP) is 1.88. The lowest BCUT2D eigenvalue weighted by Crippen LogP contribution is -2.46.